The molecule has 1 aliphatic heterocycles. The quantitative estimate of drug-likeness (QED) is 0.442. The fourth-order valence-corrected chi connectivity index (χ4v) is 5.51. The van der Waals surface area contributed by atoms with E-state index in [4.69, 9.17) is 16.3 Å². The molecule has 1 aliphatic rings. The molecular formula is C24H26ClN3O2S2. The van der Waals surface area contributed by atoms with E-state index in [1.165, 1.54) is 0 Å². The van der Waals surface area contributed by atoms with Gasteiger partial charge >= 0.3 is 0 Å². The molecule has 1 unspecified atom stereocenters. The number of rotatable bonds is 8. The topological polar surface area (TPSA) is 54.5 Å². The molecule has 0 aliphatic carbocycles. The molecule has 1 fully saturated rings. The first-order valence-electron chi connectivity index (χ1n) is 10.6. The lowest BCUT2D eigenvalue weighted by molar-refractivity contribution is 0.0162. The molecule has 0 bridgehead atoms. The fraction of sp³-hybridized carbons (Fsp3) is 0.333. The highest BCUT2D eigenvalue weighted by atomic mass is 35.5. The van der Waals surface area contributed by atoms with Crippen molar-refractivity contribution in [2.45, 2.75) is 23.6 Å². The molecule has 1 saturated heterocycles. The summed E-state index contributed by atoms with van der Waals surface area (Å²) < 4.78 is 5.52. The van der Waals surface area contributed by atoms with Gasteiger partial charge in [0.2, 0.25) is 0 Å². The lowest BCUT2D eigenvalue weighted by Gasteiger charge is -2.35. The van der Waals surface area contributed by atoms with Crippen molar-refractivity contribution in [3.8, 4) is 0 Å². The zero-order chi connectivity index (χ0) is 22.3. The third-order valence-electron chi connectivity index (χ3n) is 5.37. The number of carbonyl (C=O) groups excluding carboxylic acids is 1. The van der Waals surface area contributed by atoms with E-state index < -0.39 is 0 Å². The summed E-state index contributed by atoms with van der Waals surface area (Å²) >= 11 is 9.38. The summed E-state index contributed by atoms with van der Waals surface area (Å²) in [5, 5.41) is 7.01. The second-order valence-electron chi connectivity index (χ2n) is 7.57. The molecule has 5 nitrogen and oxygen atoms in total. The number of halogens is 1. The summed E-state index contributed by atoms with van der Waals surface area (Å²) in [6.45, 7) is 5.60. The summed E-state index contributed by atoms with van der Waals surface area (Å²) in [5.41, 5.74) is 2.88. The second kappa shape index (κ2) is 11.3. The first-order valence-corrected chi connectivity index (χ1v) is 12.8. The number of morpholine rings is 1. The van der Waals surface area contributed by atoms with Gasteiger partial charge in [0.25, 0.3) is 5.91 Å². The van der Waals surface area contributed by atoms with Gasteiger partial charge in [-0.3, -0.25) is 9.69 Å². The largest absolute Gasteiger partial charge is 0.379 e. The van der Waals surface area contributed by atoms with Crippen molar-refractivity contribution in [3.63, 3.8) is 0 Å². The number of amides is 1. The molecule has 2 aromatic carbocycles. The molecule has 168 valence electrons. The molecule has 0 spiro atoms. The minimum atomic E-state index is -0.0604. The number of carbonyl (C=O) groups is 1. The number of nitrogens with zero attached hydrogens (tertiary/aromatic N) is 2. The number of benzene rings is 2. The van der Waals surface area contributed by atoms with Crippen molar-refractivity contribution in [3.05, 3.63) is 80.8 Å². The highest BCUT2D eigenvalue weighted by molar-refractivity contribution is 7.98. The number of hydrogen-bond donors (Lipinski definition) is 1. The number of hydrogen-bond acceptors (Lipinski definition) is 6. The first kappa shape index (κ1) is 23.3. The number of aromatic nitrogens is 1. The Morgan fingerprint density at radius 1 is 1.22 bits per heavy atom. The average Bonchev–Trinajstić information content (AvgIpc) is 3.25. The first-order chi connectivity index (χ1) is 15.6. The van der Waals surface area contributed by atoms with Crippen LogP contribution in [0.3, 0.4) is 0 Å². The maximum atomic E-state index is 13.2. The molecule has 2 heterocycles. The van der Waals surface area contributed by atoms with Crippen LogP contribution in [0.15, 0.2) is 58.8 Å². The summed E-state index contributed by atoms with van der Waals surface area (Å²) in [5.74, 6) is 0.685. The molecule has 0 radical (unpaired) electrons. The van der Waals surface area contributed by atoms with Crippen LogP contribution in [-0.2, 0) is 10.5 Å². The molecule has 1 aromatic heterocycles. The van der Waals surface area contributed by atoms with Crippen molar-refractivity contribution in [2.75, 3.05) is 32.8 Å². The predicted octanol–water partition coefficient (Wildman–Crippen LogP) is 5.20. The number of thioether (sulfide) groups is 1. The molecule has 32 heavy (non-hydrogen) atoms. The van der Waals surface area contributed by atoms with E-state index in [0.29, 0.717) is 30.3 Å². The summed E-state index contributed by atoms with van der Waals surface area (Å²) in [7, 11) is 0. The molecule has 1 amide bonds. The number of ether oxygens (including phenoxy) is 1. The number of thiazole rings is 1. The Morgan fingerprint density at radius 2 is 1.97 bits per heavy atom. The Labute approximate surface area is 202 Å². The van der Waals surface area contributed by atoms with Crippen molar-refractivity contribution in [1.82, 2.24) is 15.2 Å². The Balaban J connectivity index is 1.45. The molecule has 3 aromatic rings. The van der Waals surface area contributed by atoms with Gasteiger partial charge in [0.1, 0.15) is 0 Å². The lowest BCUT2D eigenvalue weighted by Crippen LogP contribution is -2.43. The fourth-order valence-electron chi connectivity index (χ4n) is 3.72. The van der Waals surface area contributed by atoms with Crippen LogP contribution < -0.4 is 5.32 Å². The van der Waals surface area contributed by atoms with E-state index in [0.717, 1.165) is 40.0 Å². The Bertz CT molecular complexity index is 1040. The van der Waals surface area contributed by atoms with Crippen molar-refractivity contribution >= 4 is 40.6 Å². The van der Waals surface area contributed by atoms with Crippen molar-refractivity contribution in [2.24, 2.45) is 0 Å². The Morgan fingerprint density at radius 3 is 2.69 bits per heavy atom. The SMILES string of the molecule is Cc1nc(CSc2ccccc2C(=O)NCC(c2ccc(Cl)cc2)N2CCOCC2)cs1. The van der Waals surface area contributed by atoms with Gasteiger partial charge in [0, 0.05) is 40.7 Å². The van der Waals surface area contributed by atoms with Gasteiger partial charge in [-0.15, -0.1) is 23.1 Å². The minimum Gasteiger partial charge on any atom is -0.379 e. The summed E-state index contributed by atoms with van der Waals surface area (Å²) in [6.07, 6.45) is 0. The molecule has 4 rings (SSSR count). The normalized spacial score (nSPS) is 15.4. The zero-order valence-electron chi connectivity index (χ0n) is 17.9. The van der Waals surface area contributed by atoms with Crippen LogP contribution in [0.5, 0.6) is 0 Å². The Kier molecular flexibility index (Phi) is 8.21. The highest BCUT2D eigenvalue weighted by Crippen LogP contribution is 2.28. The standard InChI is InChI=1S/C24H26ClN3O2S2/c1-17-27-20(15-31-17)16-32-23-5-3-2-4-21(23)24(29)26-14-22(28-10-12-30-13-11-28)18-6-8-19(25)9-7-18/h2-9,15,22H,10-14,16H2,1H3,(H,26,29). The summed E-state index contributed by atoms with van der Waals surface area (Å²) in [4.78, 5) is 21.0. The van der Waals surface area contributed by atoms with Crippen LogP contribution in [0.1, 0.15) is 32.7 Å². The third kappa shape index (κ3) is 6.11. The molecule has 8 heteroatoms. The van der Waals surface area contributed by atoms with Crippen LogP contribution in [0, 0.1) is 6.92 Å². The van der Waals surface area contributed by atoms with Crippen LogP contribution in [0.25, 0.3) is 0 Å². The van der Waals surface area contributed by atoms with E-state index >= 15 is 0 Å². The van der Waals surface area contributed by atoms with Crippen LogP contribution in [-0.4, -0.2) is 48.6 Å². The molecule has 1 atom stereocenters. The van der Waals surface area contributed by atoms with Gasteiger partial charge in [-0.25, -0.2) is 4.98 Å². The van der Waals surface area contributed by atoms with Gasteiger partial charge in [-0.05, 0) is 36.8 Å². The third-order valence-corrected chi connectivity index (χ3v) is 7.55. The predicted molar refractivity (Wildman–Crippen MR) is 132 cm³/mol. The smallest absolute Gasteiger partial charge is 0.252 e. The maximum Gasteiger partial charge on any atom is 0.252 e. The summed E-state index contributed by atoms with van der Waals surface area (Å²) in [6, 6.07) is 15.7. The van der Waals surface area contributed by atoms with Gasteiger partial charge in [0.15, 0.2) is 0 Å². The van der Waals surface area contributed by atoms with Gasteiger partial charge < -0.3 is 10.1 Å². The molecule has 1 N–H and O–H groups in total. The van der Waals surface area contributed by atoms with Crippen molar-refractivity contribution < 1.29 is 9.53 Å². The van der Waals surface area contributed by atoms with Gasteiger partial charge in [0.05, 0.1) is 35.5 Å². The van der Waals surface area contributed by atoms with Gasteiger partial charge in [-0.1, -0.05) is 35.9 Å². The van der Waals surface area contributed by atoms with Crippen LogP contribution in [0.4, 0.5) is 0 Å². The lowest BCUT2D eigenvalue weighted by atomic mass is 10.0. The number of aryl methyl sites for hydroxylation is 1. The van der Waals surface area contributed by atoms with Crippen LogP contribution >= 0.6 is 34.7 Å². The monoisotopic (exact) mass is 487 g/mol. The molecule has 0 saturated carbocycles. The average molecular weight is 488 g/mol. The van der Waals surface area contributed by atoms with Gasteiger partial charge in [-0.2, -0.15) is 0 Å². The van der Waals surface area contributed by atoms with Crippen LogP contribution in [0.2, 0.25) is 5.02 Å². The van der Waals surface area contributed by atoms with E-state index in [1.54, 1.807) is 23.1 Å². The highest BCUT2D eigenvalue weighted by Gasteiger charge is 2.24. The van der Waals surface area contributed by atoms with Crippen molar-refractivity contribution in [1.29, 1.82) is 0 Å². The molecular weight excluding hydrogens is 462 g/mol. The minimum absolute atomic E-state index is 0.0604. The maximum absolute atomic E-state index is 13.2. The zero-order valence-corrected chi connectivity index (χ0v) is 20.3. The van der Waals surface area contributed by atoms with E-state index in [2.05, 4.69) is 20.6 Å². The second-order valence-corrected chi connectivity index (χ2v) is 10.1. The Hall–Kier alpha value is -1.90. The number of nitrogens with one attached hydrogen (secondary N) is 1. The van der Waals surface area contributed by atoms with E-state index in [9.17, 15) is 4.79 Å². The van der Waals surface area contributed by atoms with E-state index in [1.807, 2.05) is 55.5 Å². The van der Waals surface area contributed by atoms with E-state index in [-0.39, 0.29) is 11.9 Å².